The number of anilines is 2. The minimum absolute atomic E-state index is 0.0298. The van der Waals surface area contributed by atoms with Gasteiger partial charge in [0.25, 0.3) is 0 Å². The van der Waals surface area contributed by atoms with Gasteiger partial charge in [0, 0.05) is 16.0 Å². The molecule has 150 valence electrons. The molecule has 3 rings (SSSR count). The molecule has 0 aliphatic heterocycles. The number of amides is 2. The Labute approximate surface area is 175 Å². The fraction of sp³-hybridized carbons (Fsp3) is 0.200. The number of aromatic nitrogens is 2. The number of aryl methyl sites for hydroxylation is 3. The van der Waals surface area contributed by atoms with Crippen LogP contribution in [-0.2, 0) is 9.59 Å². The van der Waals surface area contributed by atoms with Gasteiger partial charge in [-0.25, -0.2) is 14.4 Å². The first-order chi connectivity index (χ1) is 13.8. The maximum absolute atomic E-state index is 13.8. The molecule has 9 heteroatoms. The zero-order chi connectivity index (χ0) is 21.1. The van der Waals surface area contributed by atoms with Crippen molar-refractivity contribution in [2.45, 2.75) is 25.8 Å². The molecular weight excluding hydrogens is 411 g/mol. The fourth-order valence-electron chi connectivity index (χ4n) is 2.63. The highest BCUT2D eigenvalue weighted by molar-refractivity contribution is 8.00. The van der Waals surface area contributed by atoms with Gasteiger partial charge in [0.05, 0.1) is 11.4 Å². The highest BCUT2D eigenvalue weighted by Crippen LogP contribution is 2.35. The molecule has 0 aliphatic rings. The summed E-state index contributed by atoms with van der Waals surface area (Å²) >= 11 is 2.94. The summed E-state index contributed by atoms with van der Waals surface area (Å²) in [5.74, 6) is -0.618. The van der Waals surface area contributed by atoms with Crippen molar-refractivity contribution in [2.75, 3.05) is 16.4 Å². The van der Waals surface area contributed by atoms with Crippen LogP contribution >= 0.6 is 23.1 Å². The van der Waals surface area contributed by atoms with Gasteiger partial charge in [0.15, 0.2) is 0 Å². The lowest BCUT2D eigenvalue weighted by atomic mass is 10.2. The van der Waals surface area contributed by atoms with Crippen molar-refractivity contribution in [3.05, 3.63) is 52.9 Å². The molecular formula is C20H19FN4O2S2. The SMILES string of the molecule is C=CC(=O)Nc1cc(NC(=O)CSc2nc(C)nc3sc(C)c(C)c23)ccc1F. The molecule has 6 nitrogen and oxygen atoms in total. The third kappa shape index (κ3) is 4.80. The first-order valence-electron chi connectivity index (χ1n) is 8.68. The average Bonchev–Trinajstić information content (AvgIpc) is 2.96. The number of carbonyl (C=O) groups excluding carboxylic acids is 2. The third-order valence-corrected chi connectivity index (χ3v) is 6.22. The van der Waals surface area contributed by atoms with E-state index in [1.54, 1.807) is 11.3 Å². The van der Waals surface area contributed by atoms with E-state index in [1.165, 1.54) is 34.8 Å². The summed E-state index contributed by atoms with van der Waals surface area (Å²) in [4.78, 5) is 34.9. The number of benzene rings is 1. The Hall–Kier alpha value is -2.78. The van der Waals surface area contributed by atoms with Crippen LogP contribution in [0.2, 0.25) is 0 Å². The van der Waals surface area contributed by atoms with Crippen LogP contribution in [0.1, 0.15) is 16.3 Å². The molecule has 0 aliphatic carbocycles. The Morgan fingerprint density at radius 3 is 2.72 bits per heavy atom. The second-order valence-electron chi connectivity index (χ2n) is 6.26. The predicted molar refractivity (Wildman–Crippen MR) is 116 cm³/mol. The van der Waals surface area contributed by atoms with Crippen LogP contribution in [0, 0.1) is 26.6 Å². The van der Waals surface area contributed by atoms with Crippen molar-refractivity contribution >= 4 is 56.5 Å². The van der Waals surface area contributed by atoms with Crippen molar-refractivity contribution in [3.63, 3.8) is 0 Å². The number of thiophene rings is 1. The van der Waals surface area contributed by atoms with Crippen molar-refractivity contribution in [1.82, 2.24) is 9.97 Å². The van der Waals surface area contributed by atoms with Gasteiger partial charge in [0.2, 0.25) is 11.8 Å². The zero-order valence-corrected chi connectivity index (χ0v) is 17.8. The number of thioether (sulfide) groups is 1. The zero-order valence-electron chi connectivity index (χ0n) is 16.1. The van der Waals surface area contributed by atoms with Gasteiger partial charge in [-0.05, 0) is 50.6 Å². The molecule has 0 saturated heterocycles. The molecule has 29 heavy (non-hydrogen) atoms. The largest absolute Gasteiger partial charge is 0.325 e. The molecule has 2 N–H and O–H groups in total. The van der Waals surface area contributed by atoms with Crippen LogP contribution in [0.25, 0.3) is 10.2 Å². The predicted octanol–water partition coefficient (Wildman–Crippen LogP) is 4.61. The molecule has 0 radical (unpaired) electrons. The van der Waals surface area contributed by atoms with Gasteiger partial charge in [-0.15, -0.1) is 11.3 Å². The van der Waals surface area contributed by atoms with Crippen molar-refractivity contribution in [3.8, 4) is 0 Å². The van der Waals surface area contributed by atoms with Crippen LogP contribution in [0.5, 0.6) is 0 Å². The Bertz CT molecular complexity index is 1130. The van der Waals surface area contributed by atoms with E-state index >= 15 is 0 Å². The van der Waals surface area contributed by atoms with Crippen LogP contribution in [0.15, 0.2) is 35.9 Å². The number of nitrogens with one attached hydrogen (secondary N) is 2. The summed E-state index contributed by atoms with van der Waals surface area (Å²) in [6, 6.07) is 3.97. The topological polar surface area (TPSA) is 84.0 Å². The van der Waals surface area contributed by atoms with Gasteiger partial charge < -0.3 is 10.6 Å². The summed E-state index contributed by atoms with van der Waals surface area (Å²) in [5.41, 5.74) is 1.47. The molecule has 2 amide bonds. The van der Waals surface area contributed by atoms with E-state index in [0.717, 1.165) is 26.9 Å². The van der Waals surface area contributed by atoms with E-state index in [4.69, 9.17) is 0 Å². The molecule has 0 atom stereocenters. The Morgan fingerprint density at radius 1 is 1.24 bits per heavy atom. The van der Waals surface area contributed by atoms with Gasteiger partial charge in [-0.3, -0.25) is 9.59 Å². The van der Waals surface area contributed by atoms with Crippen LogP contribution in [0.4, 0.5) is 15.8 Å². The summed E-state index contributed by atoms with van der Waals surface area (Å²) in [6.45, 7) is 9.21. The van der Waals surface area contributed by atoms with E-state index in [1.807, 2.05) is 20.8 Å². The molecule has 2 heterocycles. The molecule has 0 unspecified atom stereocenters. The average molecular weight is 431 g/mol. The number of rotatable bonds is 6. The normalized spacial score (nSPS) is 10.8. The quantitative estimate of drug-likeness (QED) is 0.339. The van der Waals surface area contributed by atoms with Gasteiger partial charge in [-0.1, -0.05) is 18.3 Å². The second kappa shape index (κ2) is 8.71. The Morgan fingerprint density at radius 2 is 2.00 bits per heavy atom. The number of hydrogen-bond donors (Lipinski definition) is 2. The minimum Gasteiger partial charge on any atom is -0.325 e. The van der Waals surface area contributed by atoms with Crippen molar-refractivity contribution in [2.24, 2.45) is 0 Å². The summed E-state index contributed by atoms with van der Waals surface area (Å²) in [6.07, 6.45) is 1.04. The van der Waals surface area contributed by atoms with E-state index in [-0.39, 0.29) is 17.3 Å². The van der Waals surface area contributed by atoms with Gasteiger partial charge in [-0.2, -0.15) is 0 Å². The van der Waals surface area contributed by atoms with Crippen LogP contribution in [-0.4, -0.2) is 27.5 Å². The van der Waals surface area contributed by atoms with Crippen LogP contribution < -0.4 is 10.6 Å². The number of hydrogen-bond acceptors (Lipinski definition) is 6. The maximum Gasteiger partial charge on any atom is 0.247 e. The highest BCUT2D eigenvalue weighted by atomic mass is 32.2. The first-order valence-corrected chi connectivity index (χ1v) is 10.5. The van der Waals surface area contributed by atoms with Crippen molar-refractivity contribution in [1.29, 1.82) is 0 Å². The lowest BCUT2D eigenvalue weighted by molar-refractivity contribution is -0.114. The third-order valence-electron chi connectivity index (χ3n) is 4.14. The molecule has 0 spiro atoms. The fourth-order valence-corrected chi connectivity index (χ4v) is 4.70. The van der Waals surface area contributed by atoms with Crippen LogP contribution in [0.3, 0.4) is 0 Å². The van der Waals surface area contributed by atoms with E-state index < -0.39 is 11.7 Å². The number of carbonyl (C=O) groups is 2. The van der Waals surface area contributed by atoms with Crippen molar-refractivity contribution < 1.29 is 14.0 Å². The lowest BCUT2D eigenvalue weighted by Gasteiger charge is -2.09. The molecule has 0 bridgehead atoms. The van der Waals surface area contributed by atoms with E-state index in [9.17, 15) is 14.0 Å². The standard InChI is InChI=1S/C20H19FN4O2S2/c1-5-16(26)25-15-8-13(6-7-14(15)21)24-17(27)9-28-19-18-10(2)11(3)29-20(18)23-12(4)22-19/h5-8H,1,9H2,2-4H3,(H,24,27)(H,25,26). The number of nitrogens with zero attached hydrogens (tertiary/aromatic N) is 2. The lowest BCUT2D eigenvalue weighted by Crippen LogP contribution is -2.15. The number of fused-ring (bicyclic) bond motifs is 1. The molecule has 3 aromatic rings. The summed E-state index contributed by atoms with van der Waals surface area (Å²) in [5, 5.41) is 6.82. The minimum atomic E-state index is -0.602. The van der Waals surface area contributed by atoms with Gasteiger partial charge >= 0.3 is 0 Å². The van der Waals surface area contributed by atoms with E-state index in [2.05, 4.69) is 27.2 Å². The van der Waals surface area contributed by atoms with E-state index in [0.29, 0.717) is 11.5 Å². The summed E-state index contributed by atoms with van der Waals surface area (Å²) < 4.78 is 13.8. The second-order valence-corrected chi connectivity index (χ2v) is 8.43. The monoisotopic (exact) mass is 430 g/mol. The van der Waals surface area contributed by atoms with Gasteiger partial charge in [0.1, 0.15) is 21.5 Å². The highest BCUT2D eigenvalue weighted by Gasteiger charge is 2.15. The smallest absolute Gasteiger partial charge is 0.247 e. The first kappa shape index (κ1) is 20.9. The molecule has 1 aromatic carbocycles. The molecule has 0 saturated carbocycles. The summed E-state index contributed by atoms with van der Waals surface area (Å²) in [7, 11) is 0. The maximum atomic E-state index is 13.8. The Kier molecular flexibility index (Phi) is 6.29. The molecule has 2 aromatic heterocycles. The molecule has 0 fully saturated rings. The number of halogens is 1. The Balaban J connectivity index is 1.72.